The van der Waals surface area contributed by atoms with Gasteiger partial charge in [0, 0.05) is 25.3 Å². The maximum Gasteiger partial charge on any atom is 0.346 e. The van der Waals surface area contributed by atoms with Crippen molar-refractivity contribution >= 4 is 50.9 Å². The summed E-state index contributed by atoms with van der Waals surface area (Å²) in [6.45, 7) is 5.82. The first-order chi connectivity index (χ1) is 19.8. The minimum atomic E-state index is -1.10. The van der Waals surface area contributed by atoms with Gasteiger partial charge in [0.2, 0.25) is 0 Å². The van der Waals surface area contributed by atoms with Gasteiger partial charge in [-0.15, -0.1) is 11.3 Å². The van der Waals surface area contributed by atoms with Gasteiger partial charge in [0.25, 0.3) is 5.79 Å². The van der Waals surface area contributed by atoms with Crippen LogP contribution in [0.4, 0.5) is 0 Å². The summed E-state index contributed by atoms with van der Waals surface area (Å²) in [5, 5.41) is 10.2. The van der Waals surface area contributed by atoms with E-state index in [4.69, 9.17) is 42.4 Å². The lowest BCUT2D eigenvalue weighted by Crippen LogP contribution is -2.35. The summed E-state index contributed by atoms with van der Waals surface area (Å²) < 4.78 is 20.5. The van der Waals surface area contributed by atoms with Gasteiger partial charge < -0.3 is 23.9 Å². The fourth-order valence-electron chi connectivity index (χ4n) is 5.86. The third-order valence-corrected chi connectivity index (χ3v) is 9.91. The van der Waals surface area contributed by atoms with Crippen LogP contribution in [0.15, 0.2) is 36.5 Å². The fourth-order valence-corrected chi connectivity index (χ4v) is 7.01. The van der Waals surface area contributed by atoms with Gasteiger partial charge in [-0.05, 0) is 56.5 Å². The molecular formula is C29H28Cl2N4O5S. The number of aromatic carboxylic acids is 1. The average molecular weight is 616 g/mol. The molecule has 3 aromatic heterocycles. The molecule has 0 saturated carbocycles. The van der Waals surface area contributed by atoms with E-state index in [-0.39, 0.29) is 6.10 Å². The zero-order valence-corrected chi connectivity index (χ0v) is 24.6. The van der Waals surface area contributed by atoms with Gasteiger partial charge in [-0.2, -0.15) is 0 Å². The normalized spacial score (nSPS) is 22.8. The number of hydrogen-bond donors (Lipinski definition) is 1. The number of fused-ring (bicyclic) bond motifs is 2. The highest BCUT2D eigenvalue weighted by atomic mass is 35.5. The molecule has 214 valence electrons. The molecule has 3 aliphatic heterocycles. The molecule has 0 amide bonds. The largest absolute Gasteiger partial charge is 0.477 e. The van der Waals surface area contributed by atoms with E-state index in [9.17, 15) is 9.90 Å². The Hall–Kier alpha value is -2.89. The van der Waals surface area contributed by atoms with Gasteiger partial charge in [0.1, 0.15) is 21.2 Å². The number of nitrogens with zero attached hydrogens (tertiary/aromatic N) is 4. The molecule has 4 aromatic rings. The Labute approximate surface area is 250 Å². The lowest BCUT2D eigenvalue weighted by atomic mass is 9.88. The number of ether oxygens (including phenoxy) is 3. The van der Waals surface area contributed by atoms with Crippen molar-refractivity contribution in [1.82, 2.24) is 19.4 Å². The van der Waals surface area contributed by atoms with E-state index < -0.39 is 11.8 Å². The van der Waals surface area contributed by atoms with Crippen LogP contribution in [0.1, 0.15) is 58.9 Å². The molecule has 2 unspecified atom stereocenters. The summed E-state index contributed by atoms with van der Waals surface area (Å²) in [4.78, 5) is 24.3. The topological polar surface area (TPSA) is 98.9 Å². The van der Waals surface area contributed by atoms with Crippen molar-refractivity contribution < 1.29 is 24.1 Å². The third-order valence-electron chi connectivity index (χ3n) is 8.19. The van der Waals surface area contributed by atoms with Crippen LogP contribution >= 0.6 is 34.5 Å². The summed E-state index contributed by atoms with van der Waals surface area (Å²) in [6.07, 6.45) is 4.60. The maximum absolute atomic E-state index is 11.5. The van der Waals surface area contributed by atoms with Crippen molar-refractivity contribution in [1.29, 1.82) is 0 Å². The second-order valence-electron chi connectivity index (χ2n) is 10.9. The lowest BCUT2D eigenvalue weighted by molar-refractivity contribution is -0.0722. The Morgan fingerprint density at radius 2 is 1.98 bits per heavy atom. The van der Waals surface area contributed by atoms with Crippen LogP contribution in [0.5, 0.6) is 11.5 Å². The number of carbonyl (C=O) groups is 1. The molecule has 41 heavy (non-hydrogen) atoms. The van der Waals surface area contributed by atoms with Gasteiger partial charge in [0.15, 0.2) is 11.5 Å². The lowest BCUT2D eigenvalue weighted by Gasteiger charge is -2.33. The van der Waals surface area contributed by atoms with Gasteiger partial charge in [0.05, 0.1) is 34.8 Å². The Balaban J connectivity index is 1.06. The quantitative estimate of drug-likeness (QED) is 0.258. The zero-order valence-electron chi connectivity index (χ0n) is 22.3. The number of thiophene rings is 1. The minimum absolute atomic E-state index is 0.150. The first-order valence-corrected chi connectivity index (χ1v) is 15.2. The predicted octanol–water partition coefficient (Wildman–Crippen LogP) is 6.31. The van der Waals surface area contributed by atoms with Crippen molar-refractivity contribution in [2.24, 2.45) is 0 Å². The van der Waals surface area contributed by atoms with E-state index in [0.717, 1.165) is 66.4 Å². The summed E-state index contributed by atoms with van der Waals surface area (Å²) in [6, 6.07) is 9.47. The number of piperidine rings is 1. The number of benzene rings is 1. The summed E-state index contributed by atoms with van der Waals surface area (Å²) in [5.41, 5.74) is 2.57. The molecular weight excluding hydrogens is 587 g/mol. The average Bonchev–Trinajstić information content (AvgIpc) is 3.59. The highest BCUT2D eigenvalue weighted by molar-refractivity contribution is 7.20. The maximum atomic E-state index is 11.5. The molecule has 6 heterocycles. The summed E-state index contributed by atoms with van der Waals surface area (Å²) in [7, 11) is 0. The van der Waals surface area contributed by atoms with Crippen LogP contribution in [0.25, 0.3) is 10.3 Å². The van der Waals surface area contributed by atoms with E-state index >= 15 is 0 Å². The SMILES string of the molecule is CC1(c2cc(Cl)c(Cl)cn2)Oc2cccc(C3CCN(Cc4nc5sc(C(=O)O)cc5n4CC4CCO4)CC3)c2O1. The predicted molar refractivity (Wildman–Crippen MR) is 155 cm³/mol. The number of hydrogen-bond acceptors (Lipinski definition) is 8. The Kier molecular flexibility index (Phi) is 6.86. The molecule has 0 radical (unpaired) electrons. The van der Waals surface area contributed by atoms with Crippen LogP contribution in [-0.4, -0.2) is 56.3 Å². The van der Waals surface area contributed by atoms with Crippen molar-refractivity contribution in [2.75, 3.05) is 19.7 Å². The van der Waals surface area contributed by atoms with Crippen LogP contribution in [0, 0.1) is 0 Å². The van der Waals surface area contributed by atoms with Crippen LogP contribution in [0.3, 0.4) is 0 Å². The second kappa shape index (κ2) is 10.4. The molecule has 0 spiro atoms. The van der Waals surface area contributed by atoms with Crippen molar-refractivity contribution in [3.63, 3.8) is 0 Å². The molecule has 2 fully saturated rings. The number of aromatic nitrogens is 3. The number of halogens is 2. The number of para-hydroxylation sites is 1. The standard InChI is InChI=1S/C29H28Cl2N4O5S/c1-29(24-11-19(30)20(31)13-32-24)39-22-4-2-3-18(26(22)40-29)16-5-8-34(9-6-16)15-25-33-27-21(12-23(41-27)28(36)37)35(25)14-17-7-10-38-17/h2-4,11-13,16-17H,5-10,14-15H2,1H3,(H,36,37). The van der Waals surface area contributed by atoms with Gasteiger partial charge >= 0.3 is 5.97 Å². The monoisotopic (exact) mass is 614 g/mol. The van der Waals surface area contributed by atoms with Gasteiger partial charge in [-0.3, -0.25) is 9.88 Å². The van der Waals surface area contributed by atoms with Gasteiger partial charge in [-0.1, -0.05) is 35.3 Å². The number of likely N-dealkylation sites (tertiary alicyclic amines) is 1. The molecule has 3 aliphatic rings. The van der Waals surface area contributed by atoms with Crippen molar-refractivity contribution in [3.8, 4) is 11.5 Å². The zero-order chi connectivity index (χ0) is 28.3. The number of carboxylic acid groups (broad SMARTS) is 1. The van der Waals surface area contributed by atoms with Crippen molar-refractivity contribution in [2.45, 2.75) is 57.1 Å². The molecule has 9 nitrogen and oxygen atoms in total. The molecule has 2 atom stereocenters. The number of pyridine rings is 1. The van der Waals surface area contributed by atoms with Crippen molar-refractivity contribution in [3.05, 3.63) is 68.5 Å². The number of rotatable bonds is 7. The highest BCUT2D eigenvalue weighted by Crippen LogP contribution is 2.49. The van der Waals surface area contributed by atoms with E-state index in [0.29, 0.717) is 45.4 Å². The molecule has 1 aromatic carbocycles. The third kappa shape index (κ3) is 4.95. The molecule has 12 heteroatoms. The van der Waals surface area contributed by atoms with Gasteiger partial charge in [-0.25, -0.2) is 9.78 Å². The Bertz CT molecular complexity index is 1650. The van der Waals surface area contributed by atoms with Crippen LogP contribution in [-0.2, 0) is 23.6 Å². The van der Waals surface area contributed by atoms with E-state index in [1.54, 1.807) is 12.1 Å². The highest BCUT2D eigenvalue weighted by Gasteiger charge is 2.42. The van der Waals surface area contributed by atoms with Crippen LogP contribution < -0.4 is 9.47 Å². The van der Waals surface area contributed by atoms with Crippen LogP contribution in [0.2, 0.25) is 10.0 Å². The second-order valence-corrected chi connectivity index (χ2v) is 12.7. The smallest absolute Gasteiger partial charge is 0.346 e. The first kappa shape index (κ1) is 27.0. The minimum Gasteiger partial charge on any atom is -0.477 e. The fraction of sp³-hybridized carbons (Fsp3) is 0.414. The number of imidazole rings is 1. The Morgan fingerprint density at radius 3 is 2.68 bits per heavy atom. The molecule has 1 N–H and O–H groups in total. The molecule has 0 bridgehead atoms. The molecule has 0 aliphatic carbocycles. The Morgan fingerprint density at radius 1 is 1.17 bits per heavy atom. The first-order valence-electron chi connectivity index (χ1n) is 13.7. The van der Waals surface area contributed by atoms with E-state index in [1.165, 1.54) is 17.5 Å². The van der Waals surface area contributed by atoms with E-state index in [1.807, 2.05) is 19.1 Å². The molecule has 2 saturated heterocycles. The van der Waals surface area contributed by atoms with E-state index in [2.05, 4.69) is 20.5 Å². The molecule has 7 rings (SSSR count). The summed E-state index contributed by atoms with van der Waals surface area (Å²) >= 11 is 13.5. The number of carboxylic acids is 1. The summed E-state index contributed by atoms with van der Waals surface area (Å²) in [5.74, 6) is 0.715.